The molecule has 0 aliphatic carbocycles. The highest BCUT2D eigenvalue weighted by molar-refractivity contribution is 5.76. The number of aromatic nitrogens is 2. The van der Waals surface area contributed by atoms with Gasteiger partial charge < -0.3 is 9.64 Å². The second kappa shape index (κ2) is 10.0. The Labute approximate surface area is 190 Å². The number of benzene rings is 2. The van der Waals surface area contributed by atoms with Gasteiger partial charge >= 0.3 is 0 Å². The van der Waals surface area contributed by atoms with Crippen LogP contribution in [-0.2, 0) is 11.3 Å². The predicted molar refractivity (Wildman–Crippen MR) is 126 cm³/mol. The number of carbonyl (C=O) groups excluding carboxylic acids is 1. The lowest BCUT2D eigenvalue weighted by molar-refractivity contribution is -0.131. The van der Waals surface area contributed by atoms with Gasteiger partial charge in [-0.05, 0) is 50.6 Å². The molecule has 0 unspecified atom stereocenters. The van der Waals surface area contributed by atoms with Crippen LogP contribution >= 0.6 is 0 Å². The minimum absolute atomic E-state index is 0.185. The van der Waals surface area contributed by atoms with E-state index >= 15 is 0 Å². The largest absolute Gasteiger partial charge is 0.497 e. The van der Waals surface area contributed by atoms with Gasteiger partial charge in [-0.15, -0.1) is 0 Å². The Bertz CT molecular complexity index is 1030. The first kappa shape index (κ1) is 22.1. The van der Waals surface area contributed by atoms with Gasteiger partial charge in [-0.1, -0.05) is 42.5 Å². The summed E-state index contributed by atoms with van der Waals surface area (Å²) >= 11 is 0. The lowest BCUT2D eigenvalue weighted by Crippen LogP contribution is -2.35. The molecule has 3 aromatic rings. The van der Waals surface area contributed by atoms with Crippen molar-refractivity contribution < 1.29 is 9.53 Å². The van der Waals surface area contributed by atoms with E-state index in [4.69, 9.17) is 4.74 Å². The van der Waals surface area contributed by atoms with Crippen LogP contribution in [0.1, 0.15) is 43.5 Å². The Morgan fingerprint density at radius 2 is 1.97 bits per heavy atom. The summed E-state index contributed by atoms with van der Waals surface area (Å²) < 4.78 is 5.32. The van der Waals surface area contributed by atoms with Gasteiger partial charge in [0, 0.05) is 37.2 Å². The molecule has 0 radical (unpaired) electrons. The molecule has 168 valence electrons. The molecule has 1 aromatic heterocycles. The number of nitrogens with one attached hydrogen (secondary N) is 1. The van der Waals surface area contributed by atoms with Crippen LogP contribution in [-0.4, -0.2) is 52.6 Å². The van der Waals surface area contributed by atoms with Crippen LogP contribution in [0, 0.1) is 0 Å². The molecule has 6 heteroatoms. The molecule has 6 nitrogen and oxygen atoms in total. The van der Waals surface area contributed by atoms with Crippen molar-refractivity contribution in [2.45, 2.75) is 44.8 Å². The Morgan fingerprint density at radius 1 is 1.16 bits per heavy atom. The molecule has 1 saturated heterocycles. The van der Waals surface area contributed by atoms with Crippen LogP contribution in [0.5, 0.6) is 5.75 Å². The van der Waals surface area contributed by atoms with E-state index in [1.807, 2.05) is 41.3 Å². The van der Waals surface area contributed by atoms with Gasteiger partial charge in [0.15, 0.2) is 0 Å². The Hall–Kier alpha value is -3.12. The number of nitrogens with zero attached hydrogens (tertiary/aromatic N) is 3. The maximum Gasteiger partial charge on any atom is 0.222 e. The number of hydrogen-bond acceptors (Lipinski definition) is 4. The predicted octanol–water partition coefficient (Wildman–Crippen LogP) is 4.66. The molecular weight excluding hydrogens is 400 g/mol. The van der Waals surface area contributed by atoms with Crippen molar-refractivity contribution in [1.82, 2.24) is 20.0 Å². The van der Waals surface area contributed by atoms with Crippen molar-refractivity contribution in [3.05, 3.63) is 71.9 Å². The molecule has 1 fully saturated rings. The molecule has 0 bridgehead atoms. The third-order valence-corrected chi connectivity index (χ3v) is 6.59. The molecule has 32 heavy (non-hydrogen) atoms. The van der Waals surface area contributed by atoms with E-state index in [2.05, 4.69) is 53.3 Å². The zero-order chi connectivity index (χ0) is 22.5. The fourth-order valence-electron chi connectivity index (χ4n) is 4.43. The number of aromatic amines is 1. The average molecular weight is 433 g/mol. The molecule has 2 atom stereocenters. The Balaban J connectivity index is 1.40. The first-order valence-electron chi connectivity index (χ1n) is 11.3. The monoisotopic (exact) mass is 432 g/mol. The number of hydrogen-bond donors (Lipinski definition) is 1. The second-order valence-corrected chi connectivity index (χ2v) is 8.56. The molecule has 0 spiro atoms. The van der Waals surface area contributed by atoms with Gasteiger partial charge in [0.2, 0.25) is 5.91 Å². The minimum Gasteiger partial charge on any atom is -0.497 e. The fourth-order valence-corrected chi connectivity index (χ4v) is 4.43. The van der Waals surface area contributed by atoms with Crippen LogP contribution in [0.3, 0.4) is 0 Å². The molecule has 1 N–H and O–H groups in total. The van der Waals surface area contributed by atoms with E-state index in [9.17, 15) is 4.79 Å². The number of likely N-dealkylation sites (tertiary alicyclic amines) is 1. The van der Waals surface area contributed by atoms with Crippen molar-refractivity contribution in [1.29, 1.82) is 0 Å². The van der Waals surface area contributed by atoms with Crippen LogP contribution in [0.15, 0.2) is 60.7 Å². The number of rotatable bonds is 7. The van der Waals surface area contributed by atoms with Crippen molar-refractivity contribution in [2.75, 3.05) is 20.7 Å². The summed E-state index contributed by atoms with van der Waals surface area (Å²) in [5.41, 5.74) is 4.26. The molecule has 2 heterocycles. The summed E-state index contributed by atoms with van der Waals surface area (Å²) in [6.07, 6.45) is 2.40. The summed E-state index contributed by atoms with van der Waals surface area (Å²) in [5, 5.41) is 7.73. The summed E-state index contributed by atoms with van der Waals surface area (Å²) in [6.45, 7) is 3.59. The molecular formula is C26H32N4O2. The smallest absolute Gasteiger partial charge is 0.222 e. The number of ether oxygens (including phenoxy) is 1. The summed E-state index contributed by atoms with van der Waals surface area (Å²) in [7, 11) is 3.82. The highest BCUT2D eigenvalue weighted by atomic mass is 16.5. The zero-order valence-electron chi connectivity index (χ0n) is 19.1. The van der Waals surface area contributed by atoms with E-state index in [1.165, 1.54) is 0 Å². The SMILES string of the molecule is COc1cccc(CN2CC[C@@H](N(C)[C@H](C)c3cc(-c4ccccc4)n[nH]3)CCC2=O)c1. The highest BCUT2D eigenvalue weighted by Crippen LogP contribution is 2.28. The standard InChI is InChI=1S/C26H32N4O2/c1-19(24-17-25(28-27-24)21-9-5-4-6-10-21)29(2)22-12-13-26(31)30(15-14-22)18-20-8-7-11-23(16-20)32-3/h4-11,16-17,19,22H,12-15,18H2,1-3H3,(H,27,28)/t19-,22+/m1/s1. The van der Waals surface area contributed by atoms with Crippen LogP contribution in [0.2, 0.25) is 0 Å². The number of carbonyl (C=O) groups is 1. The first-order valence-corrected chi connectivity index (χ1v) is 11.3. The normalized spacial score (nSPS) is 17.9. The maximum absolute atomic E-state index is 12.8. The van der Waals surface area contributed by atoms with Gasteiger partial charge in [-0.25, -0.2) is 0 Å². The maximum atomic E-state index is 12.8. The van der Waals surface area contributed by atoms with Gasteiger partial charge in [-0.2, -0.15) is 5.10 Å². The zero-order valence-corrected chi connectivity index (χ0v) is 19.1. The minimum atomic E-state index is 0.185. The molecule has 1 aliphatic rings. The van der Waals surface area contributed by atoms with Crippen molar-refractivity contribution in [3.63, 3.8) is 0 Å². The van der Waals surface area contributed by atoms with Crippen LogP contribution < -0.4 is 4.74 Å². The second-order valence-electron chi connectivity index (χ2n) is 8.56. The third kappa shape index (κ3) is 5.02. The third-order valence-electron chi connectivity index (χ3n) is 6.59. The topological polar surface area (TPSA) is 61.5 Å². The van der Waals surface area contributed by atoms with Crippen LogP contribution in [0.4, 0.5) is 0 Å². The number of methoxy groups -OCH3 is 1. The van der Waals surface area contributed by atoms with Gasteiger partial charge in [-0.3, -0.25) is 14.8 Å². The fraction of sp³-hybridized carbons (Fsp3) is 0.385. The van der Waals surface area contributed by atoms with Gasteiger partial charge in [0.05, 0.1) is 18.5 Å². The summed E-state index contributed by atoms with van der Waals surface area (Å²) in [4.78, 5) is 17.2. The quantitative estimate of drug-likeness (QED) is 0.590. The van der Waals surface area contributed by atoms with E-state index in [0.717, 1.165) is 47.7 Å². The molecule has 2 aromatic carbocycles. The van der Waals surface area contributed by atoms with Crippen molar-refractivity contribution >= 4 is 5.91 Å². The Morgan fingerprint density at radius 3 is 2.75 bits per heavy atom. The molecule has 1 aliphatic heterocycles. The first-order chi connectivity index (χ1) is 15.5. The average Bonchev–Trinajstić information content (AvgIpc) is 3.26. The Kier molecular flexibility index (Phi) is 6.90. The summed E-state index contributed by atoms with van der Waals surface area (Å²) in [5.74, 6) is 1.05. The van der Waals surface area contributed by atoms with Crippen molar-refractivity contribution in [3.8, 4) is 17.0 Å². The number of amides is 1. The van der Waals surface area contributed by atoms with E-state index in [1.54, 1.807) is 7.11 Å². The van der Waals surface area contributed by atoms with E-state index < -0.39 is 0 Å². The lowest BCUT2D eigenvalue weighted by Gasteiger charge is -2.32. The lowest BCUT2D eigenvalue weighted by atomic mass is 10.0. The molecule has 0 saturated carbocycles. The van der Waals surface area contributed by atoms with Crippen LogP contribution in [0.25, 0.3) is 11.3 Å². The summed E-state index contributed by atoms with van der Waals surface area (Å²) in [6, 6.07) is 20.8. The molecule has 4 rings (SSSR count). The highest BCUT2D eigenvalue weighted by Gasteiger charge is 2.28. The van der Waals surface area contributed by atoms with Gasteiger partial charge in [0.1, 0.15) is 5.75 Å². The molecule has 1 amide bonds. The van der Waals surface area contributed by atoms with Gasteiger partial charge in [0.25, 0.3) is 0 Å². The van der Waals surface area contributed by atoms with E-state index in [-0.39, 0.29) is 11.9 Å². The van der Waals surface area contributed by atoms with E-state index in [0.29, 0.717) is 19.0 Å². The van der Waals surface area contributed by atoms with Crippen molar-refractivity contribution in [2.24, 2.45) is 0 Å². The number of H-pyrrole nitrogens is 1.